The van der Waals surface area contributed by atoms with Crippen LogP contribution in [-0.2, 0) is 14.3 Å². The summed E-state index contributed by atoms with van der Waals surface area (Å²) < 4.78 is 11.4. The molecule has 1 heterocycles. The smallest absolute Gasteiger partial charge is 0.187 e. The van der Waals surface area contributed by atoms with Crippen molar-refractivity contribution in [2.24, 2.45) is 28.6 Å². The minimum atomic E-state index is -1.64. The zero-order valence-electron chi connectivity index (χ0n) is 27.0. The summed E-state index contributed by atoms with van der Waals surface area (Å²) in [4.78, 5) is 13.9. The second kappa shape index (κ2) is 11.8. The van der Waals surface area contributed by atoms with E-state index in [0.717, 1.165) is 0 Å². The Morgan fingerprint density at radius 2 is 1.69 bits per heavy atom. The lowest BCUT2D eigenvalue weighted by molar-refractivity contribution is -0.322. The number of allylic oxidation sites excluding steroid dienone is 1. The summed E-state index contributed by atoms with van der Waals surface area (Å²) in [7, 11) is 0. The molecule has 0 aromatic carbocycles. The number of hydrogen-bond acceptors (Lipinski definition) is 12. The lowest BCUT2D eigenvalue weighted by Crippen LogP contribution is -2.64. The topological polar surface area (TPSA) is 218 Å². The third-order valence-corrected chi connectivity index (χ3v) is 12.7. The van der Waals surface area contributed by atoms with Gasteiger partial charge in [0, 0.05) is 11.3 Å². The van der Waals surface area contributed by atoms with Crippen molar-refractivity contribution < 1.29 is 60.2 Å². The van der Waals surface area contributed by atoms with E-state index in [-0.39, 0.29) is 31.0 Å². The molecule has 1 aliphatic heterocycles. The van der Waals surface area contributed by atoms with Crippen molar-refractivity contribution in [3.63, 3.8) is 0 Å². The molecule has 0 spiro atoms. The van der Waals surface area contributed by atoms with E-state index in [0.29, 0.717) is 37.7 Å². The highest BCUT2D eigenvalue weighted by Crippen LogP contribution is 2.68. The van der Waals surface area contributed by atoms with Crippen LogP contribution in [0.2, 0.25) is 0 Å². The molecule has 0 radical (unpaired) electrons. The van der Waals surface area contributed by atoms with Crippen molar-refractivity contribution in [3.8, 4) is 0 Å². The molecule has 0 aromatic heterocycles. The predicted octanol–water partition coefficient (Wildman–Crippen LogP) is -0.322. The number of hydrogen-bond donors (Lipinski definition) is 9. The monoisotopic (exact) mass is 642 g/mol. The van der Waals surface area contributed by atoms with Crippen molar-refractivity contribution in [3.05, 3.63) is 11.6 Å². The van der Waals surface area contributed by atoms with Gasteiger partial charge in [0.1, 0.15) is 24.4 Å². The maximum absolute atomic E-state index is 13.9. The number of aliphatic hydroxyl groups excluding tert-OH is 6. The van der Waals surface area contributed by atoms with Gasteiger partial charge in [0.25, 0.3) is 0 Å². The molecule has 0 aromatic rings. The number of ether oxygens (including phenoxy) is 2. The Hall–Kier alpha value is -1.03. The second-order valence-corrected chi connectivity index (χ2v) is 16.0. The Kier molecular flexibility index (Phi) is 9.28. The van der Waals surface area contributed by atoms with E-state index in [1.54, 1.807) is 26.8 Å². The fourth-order valence-electron chi connectivity index (χ4n) is 9.81. The second-order valence-electron chi connectivity index (χ2n) is 16.0. The molecule has 9 N–H and O–H groups in total. The molecule has 258 valence electrons. The van der Waals surface area contributed by atoms with Crippen LogP contribution in [0, 0.1) is 28.6 Å². The maximum Gasteiger partial charge on any atom is 0.187 e. The molecular weight excluding hydrogens is 588 g/mol. The number of aliphatic hydroxyl groups is 9. The minimum Gasteiger partial charge on any atom is -0.394 e. The van der Waals surface area contributed by atoms with Crippen LogP contribution in [0.3, 0.4) is 0 Å². The molecule has 12 heteroatoms. The minimum absolute atomic E-state index is 0.103. The molecule has 0 amide bonds. The zero-order chi connectivity index (χ0) is 33.5. The van der Waals surface area contributed by atoms with Crippen LogP contribution in [0.4, 0.5) is 0 Å². The first kappa shape index (κ1) is 35.3. The van der Waals surface area contributed by atoms with Crippen molar-refractivity contribution in [2.45, 2.75) is 152 Å². The maximum atomic E-state index is 13.9. The molecule has 15 atom stereocenters. The number of carbonyl (C=O) groups excluding carboxylic acids is 1. The molecule has 5 rings (SSSR count). The fourth-order valence-corrected chi connectivity index (χ4v) is 9.81. The zero-order valence-corrected chi connectivity index (χ0v) is 27.0. The molecule has 0 bridgehead atoms. The Bertz CT molecular complexity index is 1150. The van der Waals surface area contributed by atoms with E-state index in [4.69, 9.17) is 9.47 Å². The Morgan fingerprint density at radius 1 is 1.02 bits per heavy atom. The summed E-state index contributed by atoms with van der Waals surface area (Å²) in [6.07, 6.45) is -6.38. The molecule has 1 saturated heterocycles. The number of ketones is 1. The normalized spacial score (nSPS) is 48.9. The summed E-state index contributed by atoms with van der Waals surface area (Å²) in [6, 6.07) is 0. The van der Waals surface area contributed by atoms with E-state index in [1.807, 2.05) is 13.8 Å². The number of rotatable bonds is 8. The summed E-state index contributed by atoms with van der Waals surface area (Å²) in [5, 5.41) is 97.1. The van der Waals surface area contributed by atoms with Gasteiger partial charge in [-0.25, -0.2) is 0 Å². The highest BCUT2D eigenvalue weighted by molar-refractivity contribution is 5.95. The third kappa shape index (κ3) is 5.65. The Labute approximate surface area is 264 Å². The lowest BCUT2D eigenvalue weighted by Gasteiger charge is -2.61. The lowest BCUT2D eigenvalue weighted by atomic mass is 9.45. The molecule has 1 unspecified atom stereocenters. The van der Waals surface area contributed by atoms with Gasteiger partial charge in [0.2, 0.25) is 0 Å². The predicted molar refractivity (Wildman–Crippen MR) is 159 cm³/mol. The molecule has 45 heavy (non-hydrogen) atoms. The average Bonchev–Trinajstić information content (AvgIpc) is 3.24. The van der Waals surface area contributed by atoms with Gasteiger partial charge < -0.3 is 55.4 Å². The molecule has 12 nitrogen and oxygen atoms in total. The SMILES string of the molecule is CC(C)(O)CCC(O)[C@](C)(O)[C@H]1CC[C@@]2(O)C3=CC(=O)[C@@H]4C[C@@H](O[C@@H]5O[C@H](CO)[C@@H](O)[C@H](O)[C@H]5O)[C@@H](O)C[C@]4(C)[C@H]3CC[C@]12C. The third-order valence-electron chi connectivity index (χ3n) is 12.7. The molecule has 5 aliphatic rings. The van der Waals surface area contributed by atoms with Gasteiger partial charge >= 0.3 is 0 Å². The average molecular weight is 643 g/mol. The summed E-state index contributed by atoms with van der Waals surface area (Å²) in [5.74, 6) is -1.48. The van der Waals surface area contributed by atoms with Gasteiger partial charge in [0.05, 0.1) is 41.7 Å². The van der Waals surface area contributed by atoms with Gasteiger partial charge in [-0.2, -0.15) is 0 Å². The van der Waals surface area contributed by atoms with Crippen LogP contribution < -0.4 is 0 Å². The quantitative estimate of drug-likeness (QED) is 0.166. The van der Waals surface area contributed by atoms with Crippen LogP contribution >= 0.6 is 0 Å². The first-order valence-electron chi connectivity index (χ1n) is 16.5. The first-order valence-corrected chi connectivity index (χ1v) is 16.5. The van der Waals surface area contributed by atoms with E-state index < -0.39 is 95.1 Å². The molecule has 4 fully saturated rings. The standard InChI is InChI=1S/C33H54O12/c1-29(2,41)9-8-24(37)32(5,42)23-7-11-33(43)17-12-19(35)18-13-21(44-28-27(40)26(39)25(38)22(15-34)45-28)20(36)14-30(18,3)16(17)6-10-31(23,33)4/h12,16,18,20-28,34,36-43H,6-11,13-15H2,1-5H3/t16-,18-,20-,21+,22+,23-,24?,25+,26-,27+,28+,30+,31+,32+,33+/m0/s1. The van der Waals surface area contributed by atoms with E-state index >= 15 is 0 Å². The molecule has 4 aliphatic carbocycles. The van der Waals surface area contributed by atoms with E-state index in [1.165, 1.54) is 0 Å². The number of fused-ring (bicyclic) bond motifs is 5. The highest BCUT2D eigenvalue weighted by Gasteiger charge is 2.69. The fraction of sp³-hybridized carbons (Fsp3) is 0.909. The number of carbonyl (C=O) groups is 1. The van der Waals surface area contributed by atoms with Gasteiger partial charge in [-0.1, -0.05) is 13.8 Å². The van der Waals surface area contributed by atoms with Crippen LogP contribution in [0.5, 0.6) is 0 Å². The van der Waals surface area contributed by atoms with Crippen LogP contribution in [-0.4, -0.2) is 124 Å². The van der Waals surface area contributed by atoms with Crippen molar-refractivity contribution >= 4 is 5.78 Å². The van der Waals surface area contributed by atoms with Gasteiger partial charge in [-0.3, -0.25) is 4.79 Å². The summed E-state index contributed by atoms with van der Waals surface area (Å²) in [5.41, 5.74) is -4.89. The van der Waals surface area contributed by atoms with Gasteiger partial charge in [-0.05, 0) is 101 Å². The van der Waals surface area contributed by atoms with Crippen molar-refractivity contribution in [1.29, 1.82) is 0 Å². The highest BCUT2D eigenvalue weighted by atomic mass is 16.7. The van der Waals surface area contributed by atoms with E-state index in [2.05, 4.69) is 0 Å². The van der Waals surface area contributed by atoms with Crippen molar-refractivity contribution in [2.75, 3.05) is 6.61 Å². The summed E-state index contributed by atoms with van der Waals surface area (Å²) in [6.45, 7) is 8.16. The largest absolute Gasteiger partial charge is 0.394 e. The Morgan fingerprint density at radius 3 is 2.31 bits per heavy atom. The van der Waals surface area contributed by atoms with Crippen LogP contribution in [0.25, 0.3) is 0 Å². The molecular formula is C33H54O12. The van der Waals surface area contributed by atoms with Crippen molar-refractivity contribution in [1.82, 2.24) is 0 Å². The molecule has 3 saturated carbocycles. The van der Waals surface area contributed by atoms with Gasteiger partial charge in [0.15, 0.2) is 12.1 Å². The first-order chi connectivity index (χ1) is 20.7. The van der Waals surface area contributed by atoms with Crippen LogP contribution in [0.15, 0.2) is 11.6 Å². The van der Waals surface area contributed by atoms with E-state index in [9.17, 15) is 50.8 Å². The van der Waals surface area contributed by atoms with Gasteiger partial charge in [-0.15, -0.1) is 0 Å². The Balaban J connectivity index is 1.37. The summed E-state index contributed by atoms with van der Waals surface area (Å²) >= 11 is 0. The van der Waals surface area contributed by atoms with Crippen LogP contribution in [0.1, 0.15) is 86.0 Å².